The molecular formula is C37H29N9O5RuS2. The Balaban J connectivity index is 0.000000270. The fraction of sp³-hybridized carbons (Fsp3) is 0.108. The van der Waals surface area contributed by atoms with Crippen molar-refractivity contribution >= 4 is 81.5 Å². The molecular weight excluding hydrogens is 816 g/mol. The van der Waals surface area contributed by atoms with Crippen LogP contribution in [0.3, 0.4) is 0 Å². The van der Waals surface area contributed by atoms with Crippen LogP contribution in [0.1, 0.15) is 13.8 Å². The number of rotatable bonds is 9. The number of ether oxygens (including phenoxy) is 2. The average molecular weight is 845 g/mol. The van der Waals surface area contributed by atoms with Gasteiger partial charge < -0.3 is 42.5 Å². The number of aromatic hydroxyl groups is 1. The Hall–Kier alpha value is -6.30. The first kappa shape index (κ1) is 42.1. The minimum absolute atomic E-state index is 0. The zero-order valence-corrected chi connectivity index (χ0v) is 31.9. The Morgan fingerprint density at radius 2 is 1.37 bits per heavy atom. The van der Waals surface area contributed by atoms with Crippen LogP contribution in [-0.4, -0.2) is 66.2 Å². The number of isothiocyanates is 1. The van der Waals surface area contributed by atoms with E-state index in [1.807, 2.05) is 36.4 Å². The predicted molar refractivity (Wildman–Crippen MR) is 207 cm³/mol. The minimum Gasteiger partial charge on any atom is -0.753 e. The Morgan fingerprint density at radius 1 is 0.852 bits per heavy atom. The van der Waals surface area contributed by atoms with E-state index in [2.05, 4.69) is 68.5 Å². The Bertz CT molecular complexity index is 2310. The third kappa shape index (κ3) is 10.2. The number of phenols is 1. The molecule has 54 heavy (non-hydrogen) atoms. The summed E-state index contributed by atoms with van der Waals surface area (Å²) in [6.45, 7) is 6.64. The minimum atomic E-state index is 0. The first-order valence-corrected chi connectivity index (χ1v) is 16.4. The van der Waals surface area contributed by atoms with E-state index in [4.69, 9.17) is 25.1 Å². The summed E-state index contributed by atoms with van der Waals surface area (Å²) < 4.78 is 9.42. The van der Waals surface area contributed by atoms with E-state index in [0.29, 0.717) is 47.2 Å². The maximum Gasteiger partial charge on any atom is 2.00 e. The fourth-order valence-corrected chi connectivity index (χ4v) is 5.34. The van der Waals surface area contributed by atoms with Gasteiger partial charge in [-0.3, -0.25) is 29.5 Å². The number of nitrogens with zero attached hydrogens (tertiary/aromatic N) is 8. The van der Waals surface area contributed by atoms with Crippen molar-refractivity contribution in [3.8, 4) is 45.4 Å². The molecule has 0 aliphatic heterocycles. The van der Waals surface area contributed by atoms with Gasteiger partial charge in [0.2, 0.25) is 0 Å². The van der Waals surface area contributed by atoms with E-state index < -0.39 is 0 Å². The third-order valence-corrected chi connectivity index (χ3v) is 7.53. The number of anilines is 1. The molecule has 0 spiro atoms. The molecule has 7 rings (SSSR count). The molecule has 7 aromatic rings. The van der Waals surface area contributed by atoms with Crippen LogP contribution in [-0.2, 0) is 41.7 Å². The number of hydrogen-bond acceptors (Lipinski definition) is 14. The molecule has 17 heteroatoms. The van der Waals surface area contributed by atoms with Gasteiger partial charge in [0.1, 0.15) is 23.1 Å². The second kappa shape index (κ2) is 21.3. The number of aromatic amines is 1. The number of H-pyrrole nitrogens is 1. The van der Waals surface area contributed by atoms with Gasteiger partial charge in [0, 0.05) is 72.5 Å². The smallest absolute Gasteiger partial charge is 0.753 e. The summed E-state index contributed by atoms with van der Waals surface area (Å²) in [6, 6.07) is 19.8. The van der Waals surface area contributed by atoms with E-state index in [1.165, 1.54) is 23.0 Å². The van der Waals surface area contributed by atoms with Gasteiger partial charge in [-0.1, -0.05) is 17.6 Å². The van der Waals surface area contributed by atoms with Gasteiger partial charge in [0.25, 0.3) is 12.9 Å². The van der Waals surface area contributed by atoms with Gasteiger partial charge in [-0.05, 0) is 62.4 Å². The molecule has 0 radical (unpaired) electrons. The van der Waals surface area contributed by atoms with Crippen LogP contribution in [0.4, 0.5) is 5.69 Å². The SMILES string of the molecule is CCN(CC)c1ccc(-c2nc3c4cccnc4c4ncccc4c3[nH]2)c(O)c1.N#C[S-].O=COc1ccnc(-c2cc(OC=O)ccn2)c1.[N-]=C=S.[Ru+2]. The van der Waals surface area contributed by atoms with Crippen LogP contribution >= 0.6 is 12.2 Å². The van der Waals surface area contributed by atoms with Crippen LogP contribution in [0.25, 0.3) is 61.0 Å². The number of fused-ring (bicyclic) bond motifs is 6. The number of nitrogens with one attached hydrogen (secondary N) is 1. The number of carbonyl (C=O) groups is 2. The molecule has 5 aromatic heterocycles. The summed E-state index contributed by atoms with van der Waals surface area (Å²) in [7, 11) is 0. The van der Waals surface area contributed by atoms with Crippen molar-refractivity contribution in [1.82, 2.24) is 29.9 Å². The van der Waals surface area contributed by atoms with Gasteiger partial charge >= 0.3 is 19.5 Å². The summed E-state index contributed by atoms with van der Waals surface area (Å²) in [5.41, 5.74) is 6.08. The molecule has 0 amide bonds. The van der Waals surface area contributed by atoms with Crippen molar-refractivity contribution in [2.24, 2.45) is 0 Å². The molecule has 0 aliphatic rings. The zero-order chi connectivity index (χ0) is 38.2. The van der Waals surface area contributed by atoms with Gasteiger partial charge in [-0.2, -0.15) is 5.16 Å². The standard InChI is InChI=1S/C23H21N5O.C12H8N2O4.CHNS.CNS.Ru/c1-3-28(4-2)14-9-10-15(18(29)13-14)23-26-21-16-7-5-11-24-19(16)20-17(22(21)27-23)8-6-12-25-20;15-7-17-9-1-3-13-11(5-9)12-6-10(18-8-16)2-4-14-12;2*2-1-3;/h5-13,29H,3-4H2,1-2H3,(H,26,27);1-8H;3H;;/q;;;-1;+2/p-1. The van der Waals surface area contributed by atoms with Crippen LogP contribution in [0.15, 0.2) is 91.5 Å². The fourth-order valence-electron chi connectivity index (χ4n) is 5.34. The zero-order valence-electron chi connectivity index (χ0n) is 28.6. The molecule has 14 nitrogen and oxygen atoms in total. The molecule has 2 N–H and O–H groups in total. The molecule has 0 saturated carbocycles. The first-order chi connectivity index (χ1) is 25.9. The predicted octanol–water partition coefficient (Wildman–Crippen LogP) is 6.76. The molecule has 2 aromatic carbocycles. The van der Waals surface area contributed by atoms with E-state index >= 15 is 0 Å². The van der Waals surface area contributed by atoms with Crippen molar-refractivity contribution in [3.05, 3.63) is 96.9 Å². The number of hydrogen-bond donors (Lipinski definition) is 2. The summed E-state index contributed by atoms with van der Waals surface area (Å²) in [5.74, 6) is 1.56. The van der Waals surface area contributed by atoms with Crippen LogP contribution < -0.4 is 14.4 Å². The van der Waals surface area contributed by atoms with Crippen molar-refractivity contribution in [1.29, 1.82) is 5.26 Å². The molecule has 272 valence electrons. The molecule has 5 heterocycles. The third-order valence-electron chi connectivity index (χ3n) is 7.53. The molecule has 0 aliphatic carbocycles. The van der Waals surface area contributed by atoms with Crippen molar-refractivity contribution in [3.63, 3.8) is 0 Å². The Kier molecular flexibility index (Phi) is 16.6. The molecule has 0 fully saturated rings. The number of imidazole rings is 1. The van der Waals surface area contributed by atoms with E-state index in [1.54, 1.807) is 42.7 Å². The number of carbonyl (C=O) groups excluding carboxylic acids is 2. The number of aromatic nitrogens is 6. The van der Waals surface area contributed by atoms with Crippen LogP contribution in [0, 0.1) is 10.7 Å². The Labute approximate surface area is 332 Å². The first-order valence-electron chi connectivity index (χ1n) is 15.6. The Morgan fingerprint density at radius 3 is 1.87 bits per heavy atom. The average Bonchev–Trinajstić information content (AvgIpc) is 3.63. The maximum atomic E-state index is 10.7. The molecule has 0 atom stereocenters. The molecule has 0 unspecified atom stereocenters. The number of thiocyanates is 1. The summed E-state index contributed by atoms with van der Waals surface area (Å²) in [4.78, 5) is 48.2. The topological polar surface area (TPSA) is 202 Å². The second-order valence-electron chi connectivity index (χ2n) is 10.3. The summed E-state index contributed by atoms with van der Waals surface area (Å²) in [5, 5.41) is 29.6. The van der Waals surface area contributed by atoms with E-state index in [9.17, 15) is 14.7 Å². The van der Waals surface area contributed by atoms with Crippen molar-refractivity contribution in [2.75, 3.05) is 18.0 Å². The number of thiocarbonyl (C=S) groups is 1. The van der Waals surface area contributed by atoms with Crippen molar-refractivity contribution in [2.45, 2.75) is 13.8 Å². The van der Waals surface area contributed by atoms with Crippen molar-refractivity contribution < 1.29 is 43.6 Å². The molecule has 0 saturated heterocycles. The monoisotopic (exact) mass is 845 g/mol. The second-order valence-corrected chi connectivity index (χ2v) is 10.7. The van der Waals surface area contributed by atoms with Gasteiger partial charge in [0.05, 0.1) is 39.0 Å². The van der Waals surface area contributed by atoms with Crippen LogP contribution in [0.5, 0.6) is 17.2 Å². The largest absolute Gasteiger partial charge is 2.00 e. The van der Waals surface area contributed by atoms with E-state index in [0.717, 1.165) is 51.6 Å². The van der Waals surface area contributed by atoms with Crippen LogP contribution in [0.2, 0.25) is 0 Å². The van der Waals surface area contributed by atoms with E-state index in [-0.39, 0.29) is 25.2 Å². The summed E-state index contributed by atoms with van der Waals surface area (Å²) in [6.07, 6.45) is 6.52. The number of pyridine rings is 4. The van der Waals surface area contributed by atoms with Gasteiger partial charge in [-0.15, -0.1) is 0 Å². The number of benzene rings is 2. The van der Waals surface area contributed by atoms with Gasteiger partial charge in [0.15, 0.2) is 0 Å². The maximum absolute atomic E-state index is 10.7. The number of phenolic OH excluding ortho intramolecular Hbond substituents is 1. The number of nitriles is 1. The van der Waals surface area contributed by atoms with Gasteiger partial charge in [-0.25, -0.2) is 10.2 Å². The molecule has 0 bridgehead atoms. The summed E-state index contributed by atoms with van der Waals surface area (Å²) >= 11 is 7.40. The quantitative estimate of drug-likeness (QED) is 0.0293. The normalized spacial score (nSPS) is 9.65.